The summed E-state index contributed by atoms with van der Waals surface area (Å²) in [6, 6.07) is 17.8. The van der Waals surface area contributed by atoms with Gasteiger partial charge in [-0.2, -0.15) is 0 Å². The molecule has 0 aliphatic heterocycles. The van der Waals surface area contributed by atoms with Crippen LogP contribution in [-0.2, 0) is 6.54 Å². The van der Waals surface area contributed by atoms with E-state index in [9.17, 15) is 0 Å². The highest BCUT2D eigenvalue weighted by atomic mass is 35.5. The van der Waals surface area contributed by atoms with Crippen LogP contribution in [0.1, 0.15) is 0 Å². The molecule has 4 nitrogen and oxygen atoms in total. The Morgan fingerprint density at radius 3 is 2.36 bits per heavy atom. The van der Waals surface area contributed by atoms with Crippen LogP contribution < -0.4 is 11.1 Å². The molecule has 0 saturated carbocycles. The summed E-state index contributed by atoms with van der Waals surface area (Å²) in [5.74, 6) is -0.0414. The number of nitrogens with one attached hydrogen (secondary N) is 2. The molecule has 0 spiro atoms. The first-order chi connectivity index (χ1) is 13.4. The zero-order valence-corrected chi connectivity index (χ0v) is 17.0. The number of aromatic nitrogens is 1. The van der Waals surface area contributed by atoms with Crippen LogP contribution in [0.25, 0.3) is 32.9 Å². The van der Waals surface area contributed by atoms with Crippen LogP contribution in [0.5, 0.6) is 0 Å². The normalized spacial score (nSPS) is 11.2. The van der Waals surface area contributed by atoms with E-state index in [1.807, 2.05) is 30.3 Å². The molecule has 3 aromatic carbocycles. The summed E-state index contributed by atoms with van der Waals surface area (Å²) in [5.41, 5.74) is 9.62. The van der Waals surface area contributed by atoms with E-state index in [0.717, 1.165) is 32.9 Å². The predicted octanol–water partition coefficient (Wildman–Crippen LogP) is 5.90. The largest absolute Gasteiger partial charge is 0.370 e. The fourth-order valence-electron chi connectivity index (χ4n) is 3.47. The molecule has 0 atom stereocenters. The molecule has 4 aromatic rings. The minimum atomic E-state index is -0.0414. The highest BCUT2D eigenvalue weighted by Crippen LogP contribution is 2.35. The minimum Gasteiger partial charge on any atom is -0.370 e. The first-order valence-corrected chi connectivity index (χ1v) is 9.82. The van der Waals surface area contributed by atoms with E-state index in [1.165, 1.54) is 0 Å². The lowest BCUT2D eigenvalue weighted by molar-refractivity contribution is 0.709. The second-order valence-electron chi connectivity index (χ2n) is 6.51. The highest BCUT2D eigenvalue weighted by Gasteiger charge is 2.13. The number of fused-ring (bicyclic) bond motifs is 3. The van der Waals surface area contributed by atoms with Gasteiger partial charge in [-0.3, -0.25) is 5.41 Å². The third-order valence-electron chi connectivity index (χ3n) is 4.73. The Hall–Kier alpha value is -2.40. The maximum Gasteiger partial charge on any atom is 0.185 e. The lowest BCUT2D eigenvalue weighted by atomic mass is 10.0. The summed E-state index contributed by atoms with van der Waals surface area (Å²) < 4.78 is 2.21. The van der Waals surface area contributed by atoms with E-state index in [-0.39, 0.29) is 5.96 Å². The first kappa shape index (κ1) is 18.9. The number of hydrogen-bond acceptors (Lipinski definition) is 1. The Labute approximate surface area is 177 Å². The average molecular weight is 432 g/mol. The lowest BCUT2D eigenvalue weighted by Crippen LogP contribution is -2.32. The Morgan fingerprint density at radius 1 is 0.857 bits per heavy atom. The Balaban J connectivity index is 1.89. The molecule has 28 heavy (non-hydrogen) atoms. The fraction of sp³-hybridized carbons (Fsp3) is 0.0952. The number of benzene rings is 3. The van der Waals surface area contributed by atoms with Gasteiger partial charge in [-0.15, -0.1) is 0 Å². The molecule has 0 aliphatic rings. The van der Waals surface area contributed by atoms with Gasteiger partial charge in [-0.05, 0) is 47.5 Å². The van der Waals surface area contributed by atoms with Crippen molar-refractivity contribution in [2.75, 3.05) is 6.54 Å². The summed E-state index contributed by atoms with van der Waals surface area (Å²) in [4.78, 5) is 0. The molecular weight excluding hydrogens is 415 g/mol. The number of nitrogens with two attached hydrogens (primary N) is 1. The van der Waals surface area contributed by atoms with Crippen LogP contribution in [0.2, 0.25) is 15.1 Å². The van der Waals surface area contributed by atoms with Gasteiger partial charge in [-0.25, -0.2) is 0 Å². The molecule has 4 N–H and O–H groups in total. The van der Waals surface area contributed by atoms with Crippen molar-refractivity contribution in [1.82, 2.24) is 9.88 Å². The van der Waals surface area contributed by atoms with Crippen LogP contribution >= 0.6 is 34.8 Å². The fourth-order valence-corrected chi connectivity index (χ4v) is 3.94. The van der Waals surface area contributed by atoms with E-state index in [1.54, 1.807) is 6.07 Å². The molecule has 0 fully saturated rings. The molecule has 0 saturated heterocycles. The predicted molar refractivity (Wildman–Crippen MR) is 120 cm³/mol. The second kappa shape index (κ2) is 7.55. The van der Waals surface area contributed by atoms with Gasteiger partial charge in [0.25, 0.3) is 0 Å². The van der Waals surface area contributed by atoms with E-state index < -0.39 is 0 Å². The molecule has 142 valence electrons. The number of hydrogen-bond donors (Lipinski definition) is 3. The van der Waals surface area contributed by atoms with Gasteiger partial charge in [0.15, 0.2) is 5.96 Å². The zero-order valence-electron chi connectivity index (χ0n) is 14.8. The third-order valence-corrected chi connectivity index (χ3v) is 5.71. The average Bonchev–Trinajstić information content (AvgIpc) is 2.96. The molecular formula is C21H17Cl3N4. The maximum absolute atomic E-state index is 7.38. The van der Waals surface area contributed by atoms with Crippen LogP contribution in [0, 0.1) is 5.41 Å². The van der Waals surface area contributed by atoms with E-state index in [0.29, 0.717) is 28.2 Å². The Bertz CT molecular complexity index is 1210. The van der Waals surface area contributed by atoms with E-state index >= 15 is 0 Å². The monoisotopic (exact) mass is 430 g/mol. The van der Waals surface area contributed by atoms with Crippen LogP contribution in [0.15, 0.2) is 54.6 Å². The highest BCUT2D eigenvalue weighted by molar-refractivity contribution is 6.42. The summed E-state index contributed by atoms with van der Waals surface area (Å²) in [6.45, 7) is 1.21. The second-order valence-corrected chi connectivity index (χ2v) is 7.77. The molecule has 0 bridgehead atoms. The Morgan fingerprint density at radius 2 is 1.61 bits per heavy atom. The number of guanidine groups is 1. The van der Waals surface area contributed by atoms with Gasteiger partial charge in [0, 0.05) is 39.9 Å². The topological polar surface area (TPSA) is 66.8 Å². The van der Waals surface area contributed by atoms with Crippen molar-refractivity contribution >= 4 is 62.6 Å². The van der Waals surface area contributed by atoms with Gasteiger partial charge < -0.3 is 15.6 Å². The summed E-state index contributed by atoms with van der Waals surface area (Å²) >= 11 is 18.5. The van der Waals surface area contributed by atoms with Gasteiger partial charge in [-0.1, -0.05) is 53.0 Å². The molecule has 0 aliphatic carbocycles. The SMILES string of the molecule is N=C(N)NCCn1c2ccc(Cl)cc2c2ccc(-c3ccc(Cl)c(Cl)c3)cc21. The summed E-state index contributed by atoms with van der Waals surface area (Å²) in [5, 5.41) is 14.2. The number of nitrogens with zero attached hydrogens (tertiary/aromatic N) is 1. The van der Waals surface area contributed by atoms with E-state index in [4.69, 9.17) is 45.9 Å². The molecule has 1 aromatic heterocycles. The standard InChI is InChI=1S/C21H17Cl3N4/c22-14-3-6-19-16(11-14)15-4-1-13(12-2-5-17(23)18(24)9-12)10-20(15)28(19)8-7-27-21(25)26/h1-6,9-11H,7-8H2,(H4,25,26,27). The zero-order chi connectivity index (χ0) is 19.8. The smallest absolute Gasteiger partial charge is 0.185 e. The van der Waals surface area contributed by atoms with Gasteiger partial charge in [0.05, 0.1) is 10.0 Å². The molecule has 0 radical (unpaired) electrons. The maximum atomic E-state index is 7.38. The molecule has 4 rings (SSSR count). The molecule has 0 unspecified atom stereocenters. The quantitative estimate of drug-likeness (QED) is 0.278. The van der Waals surface area contributed by atoms with Crippen LogP contribution in [0.4, 0.5) is 0 Å². The Kier molecular flexibility index (Phi) is 5.11. The van der Waals surface area contributed by atoms with Crippen molar-refractivity contribution in [3.8, 4) is 11.1 Å². The van der Waals surface area contributed by atoms with Crippen molar-refractivity contribution in [3.05, 3.63) is 69.7 Å². The lowest BCUT2D eigenvalue weighted by Gasteiger charge is -2.10. The van der Waals surface area contributed by atoms with Crippen molar-refractivity contribution in [2.24, 2.45) is 5.73 Å². The van der Waals surface area contributed by atoms with Crippen molar-refractivity contribution < 1.29 is 0 Å². The van der Waals surface area contributed by atoms with Crippen LogP contribution in [0.3, 0.4) is 0 Å². The molecule has 0 amide bonds. The van der Waals surface area contributed by atoms with E-state index in [2.05, 4.69) is 28.1 Å². The van der Waals surface area contributed by atoms with Crippen molar-refractivity contribution in [3.63, 3.8) is 0 Å². The van der Waals surface area contributed by atoms with Gasteiger partial charge >= 0.3 is 0 Å². The summed E-state index contributed by atoms with van der Waals surface area (Å²) in [6.07, 6.45) is 0. The third kappa shape index (κ3) is 3.51. The number of rotatable bonds is 4. The van der Waals surface area contributed by atoms with Gasteiger partial charge in [0.2, 0.25) is 0 Å². The van der Waals surface area contributed by atoms with Gasteiger partial charge in [0.1, 0.15) is 0 Å². The first-order valence-electron chi connectivity index (χ1n) is 8.69. The van der Waals surface area contributed by atoms with Crippen molar-refractivity contribution in [1.29, 1.82) is 5.41 Å². The molecule has 1 heterocycles. The van der Waals surface area contributed by atoms with Crippen molar-refractivity contribution in [2.45, 2.75) is 6.54 Å². The molecule has 7 heteroatoms. The summed E-state index contributed by atoms with van der Waals surface area (Å²) in [7, 11) is 0. The number of halogens is 3. The minimum absolute atomic E-state index is 0.0414. The van der Waals surface area contributed by atoms with Crippen LogP contribution in [-0.4, -0.2) is 17.1 Å².